The summed E-state index contributed by atoms with van der Waals surface area (Å²) in [6.07, 6.45) is -3.89. The summed E-state index contributed by atoms with van der Waals surface area (Å²) in [5.74, 6) is -2.83. The van der Waals surface area contributed by atoms with Gasteiger partial charge in [-0.2, -0.15) is 33.9 Å². The van der Waals surface area contributed by atoms with Gasteiger partial charge in [-0.05, 0) is 37.7 Å². The zero-order valence-electron chi connectivity index (χ0n) is 11.9. The molecular formula is C13H7BrF3N3O4S. The lowest BCUT2D eigenvalue weighted by molar-refractivity contribution is -0.390. The van der Waals surface area contributed by atoms with Gasteiger partial charge in [-0.15, -0.1) is 0 Å². The van der Waals surface area contributed by atoms with Crippen molar-refractivity contribution in [3.8, 4) is 0 Å². The van der Waals surface area contributed by atoms with E-state index in [2.05, 4.69) is 20.9 Å². The van der Waals surface area contributed by atoms with Gasteiger partial charge >= 0.3 is 18.0 Å². The van der Waals surface area contributed by atoms with Crippen molar-refractivity contribution in [2.75, 3.05) is 0 Å². The molecule has 0 radical (unpaired) electrons. The number of nitro groups is 1. The van der Waals surface area contributed by atoms with E-state index < -0.39 is 39.8 Å². The molecule has 3 aromatic rings. The van der Waals surface area contributed by atoms with Gasteiger partial charge in [0, 0.05) is 0 Å². The van der Waals surface area contributed by atoms with E-state index in [0.29, 0.717) is 10.5 Å². The average molecular weight is 438 g/mol. The highest BCUT2D eigenvalue weighted by molar-refractivity contribution is 9.10. The van der Waals surface area contributed by atoms with Gasteiger partial charge in [0.05, 0.1) is 4.47 Å². The van der Waals surface area contributed by atoms with Crippen LogP contribution < -0.4 is 0 Å². The molecule has 7 nitrogen and oxygen atoms in total. The Morgan fingerprint density at radius 3 is 2.36 bits per heavy atom. The number of hydrogen-bond acceptors (Lipinski definition) is 5. The van der Waals surface area contributed by atoms with Crippen LogP contribution >= 0.6 is 27.3 Å². The van der Waals surface area contributed by atoms with E-state index in [-0.39, 0.29) is 4.47 Å². The minimum absolute atomic E-state index is 0.102. The van der Waals surface area contributed by atoms with E-state index in [4.69, 9.17) is 5.11 Å². The van der Waals surface area contributed by atoms with Crippen molar-refractivity contribution in [1.82, 2.24) is 9.38 Å². The van der Waals surface area contributed by atoms with E-state index in [9.17, 15) is 28.1 Å². The van der Waals surface area contributed by atoms with Gasteiger partial charge < -0.3 is 15.2 Å². The molecule has 25 heavy (non-hydrogen) atoms. The molecule has 0 aliphatic rings. The molecule has 1 N–H and O–H groups in total. The number of carboxylic acid groups (broad SMARTS) is 1. The first kappa shape index (κ1) is 18.9. The van der Waals surface area contributed by atoms with Crippen molar-refractivity contribution in [3.63, 3.8) is 0 Å². The molecule has 3 heterocycles. The minimum atomic E-state index is -4.83. The number of rotatable bonds is 2. The Morgan fingerprint density at radius 1 is 1.36 bits per heavy atom. The molecule has 0 unspecified atom stereocenters. The van der Waals surface area contributed by atoms with E-state index >= 15 is 0 Å². The molecule has 3 rings (SSSR count). The number of aromatic carboxylic acids is 1. The molecule has 0 saturated heterocycles. The highest BCUT2D eigenvalue weighted by Crippen LogP contribution is 2.36. The SMILES string of the molecule is O=C(O)c1nc2c(C(F)(F)F)cc(Br)cn2c1[N+](=O)[O-].c1ccsc1. The molecule has 0 aliphatic heterocycles. The molecule has 0 aliphatic carbocycles. The third kappa shape index (κ3) is 4.14. The van der Waals surface area contributed by atoms with Crippen molar-refractivity contribution in [3.05, 3.63) is 61.0 Å². The quantitative estimate of drug-likeness (QED) is 0.471. The Kier molecular flexibility index (Phi) is 5.42. The fourth-order valence-electron chi connectivity index (χ4n) is 1.85. The molecule has 0 saturated carbocycles. The van der Waals surface area contributed by atoms with Crippen LogP contribution in [-0.2, 0) is 6.18 Å². The second-order valence-electron chi connectivity index (χ2n) is 4.40. The summed E-state index contributed by atoms with van der Waals surface area (Å²) in [5, 5.41) is 23.7. The highest BCUT2D eigenvalue weighted by atomic mass is 79.9. The third-order valence-corrected chi connectivity index (χ3v) is 3.83. The largest absolute Gasteiger partial charge is 0.476 e. The van der Waals surface area contributed by atoms with Crippen molar-refractivity contribution in [2.45, 2.75) is 6.18 Å². The molecule has 12 heteroatoms. The van der Waals surface area contributed by atoms with Crippen LogP contribution in [0.25, 0.3) is 5.65 Å². The number of nitrogens with zero attached hydrogens (tertiary/aromatic N) is 3. The predicted molar refractivity (Wildman–Crippen MR) is 85.8 cm³/mol. The molecular weight excluding hydrogens is 431 g/mol. The lowest BCUT2D eigenvalue weighted by Gasteiger charge is -2.06. The first-order valence-corrected chi connectivity index (χ1v) is 8.00. The van der Waals surface area contributed by atoms with E-state index in [1.807, 2.05) is 22.9 Å². The predicted octanol–water partition coefficient (Wildman–Crippen LogP) is 4.47. The summed E-state index contributed by atoms with van der Waals surface area (Å²) in [6, 6.07) is 4.70. The van der Waals surface area contributed by atoms with Gasteiger partial charge in [0.15, 0.2) is 0 Å². The Balaban J connectivity index is 0.000000386. The molecule has 0 atom stereocenters. The summed E-state index contributed by atoms with van der Waals surface area (Å²) >= 11 is 4.50. The number of imidazole rings is 1. The maximum atomic E-state index is 12.8. The van der Waals surface area contributed by atoms with Crippen LogP contribution in [-0.4, -0.2) is 25.4 Å². The number of pyridine rings is 1. The highest BCUT2D eigenvalue weighted by Gasteiger charge is 2.39. The molecule has 3 aromatic heterocycles. The topological polar surface area (TPSA) is 97.7 Å². The second kappa shape index (κ2) is 7.19. The first-order chi connectivity index (χ1) is 11.6. The second-order valence-corrected chi connectivity index (χ2v) is 6.13. The van der Waals surface area contributed by atoms with E-state index in [1.165, 1.54) is 0 Å². The molecule has 132 valence electrons. The zero-order valence-corrected chi connectivity index (χ0v) is 14.3. The van der Waals surface area contributed by atoms with Crippen LogP contribution in [0, 0.1) is 10.1 Å². The van der Waals surface area contributed by atoms with Crippen LogP contribution in [0.3, 0.4) is 0 Å². The number of aromatic nitrogens is 2. The maximum absolute atomic E-state index is 12.8. The Morgan fingerprint density at radius 2 is 1.96 bits per heavy atom. The minimum Gasteiger partial charge on any atom is -0.476 e. The normalized spacial score (nSPS) is 11.0. The van der Waals surface area contributed by atoms with Gasteiger partial charge in [0.25, 0.3) is 0 Å². The third-order valence-electron chi connectivity index (χ3n) is 2.77. The van der Waals surface area contributed by atoms with Crippen LogP contribution in [0.15, 0.2) is 39.6 Å². The van der Waals surface area contributed by atoms with Gasteiger partial charge in [-0.1, -0.05) is 12.1 Å². The van der Waals surface area contributed by atoms with Crippen molar-refractivity contribution in [2.24, 2.45) is 0 Å². The molecule has 0 amide bonds. The summed E-state index contributed by atoms with van der Waals surface area (Å²) in [6.45, 7) is 0. The summed E-state index contributed by atoms with van der Waals surface area (Å²) in [4.78, 5) is 23.8. The Labute approximate surface area is 149 Å². The molecule has 0 bridgehead atoms. The average Bonchev–Trinajstić information content (AvgIpc) is 3.15. The first-order valence-electron chi connectivity index (χ1n) is 6.26. The van der Waals surface area contributed by atoms with Crippen molar-refractivity contribution >= 4 is 44.7 Å². The molecule has 0 aromatic carbocycles. The summed E-state index contributed by atoms with van der Waals surface area (Å²) in [5.41, 5.74) is -3.18. The number of halogens is 4. The van der Waals surface area contributed by atoms with Gasteiger partial charge in [-0.25, -0.2) is 4.79 Å². The fraction of sp³-hybridized carbons (Fsp3) is 0.0769. The fourth-order valence-corrected chi connectivity index (χ4v) is 2.74. The number of alkyl halides is 3. The van der Waals surface area contributed by atoms with Gasteiger partial charge in [0.2, 0.25) is 11.3 Å². The number of carboxylic acids is 1. The van der Waals surface area contributed by atoms with Crippen LogP contribution in [0.2, 0.25) is 0 Å². The van der Waals surface area contributed by atoms with Gasteiger partial charge in [-0.3, -0.25) is 0 Å². The Bertz CT molecular complexity index is 908. The maximum Gasteiger partial charge on any atom is 0.422 e. The zero-order chi connectivity index (χ0) is 18.8. The van der Waals surface area contributed by atoms with Gasteiger partial charge in [0.1, 0.15) is 11.8 Å². The summed E-state index contributed by atoms with van der Waals surface area (Å²) in [7, 11) is 0. The van der Waals surface area contributed by atoms with Crippen LogP contribution in [0.4, 0.5) is 19.0 Å². The van der Waals surface area contributed by atoms with E-state index in [1.54, 1.807) is 11.3 Å². The Hall–Kier alpha value is -2.47. The lowest BCUT2D eigenvalue weighted by atomic mass is 10.2. The van der Waals surface area contributed by atoms with E-state index in [0.717, 1.165) is 6.20 Å². The lowest BCUT2D eigenvalue weighted by Crippen LogP contribution is -2.08. The number of thiophene rings is 1. The number of hydrogen-bond donors (Lipinski definition) is 1. The van der Waals surface area contributed by atoms with Crippen LogP contribution in [0.1, 0.15) is 16.1 Å². The molecule has 0 spiro atoms. The standard InChI is InChI=1S/C9H3BrF3N3O4.C4H4S/c10-3-1-4(9(11,12)13)6-14-5(8(17)18)7(16(19)20)15(6)2-3;1-2-4-5-3-1/h1-2H,(H,17,18);1-4H. The monoisotopic (exact) mass is 437 g/mol. The number of fused-ring (bicyclic) bond motifs is 1. The van der Waals surface area contributed by atoms with Crippen molar-refractivity contribution < 1.29 is 28.0 Å². The van der Waals surface area contributed by atoms with Crippen LogP contribution in [0.5, 0.6) is 0 Å². The molecule has 0 fully saturated rings. The number of carbonyl (C=O) groups is 1. The van der Waals surface area contributed by atoms with Crippen molar-refractivity contribution in [1.29, 1.82) is 0 Å². The summed E-state index contributed by atoms with van der Waals surface area (Å²) < 4.78 is 38.9. The smallest absolute Gasteiger partial charge is 0.422 e.